The van der Waals surface area contributed by atoms with Crippen LogP contribution in [0.2, 0.25) is 0 Å². The normalized spacial score (nSPS) is 15.7. The second-order valence-corrected chi connectivity index (χ2v) is 6.84. The van der Waals surface area contributed by atoms with Crippen LogP contribution in [0.4, 0.5) is 57.1 Å². The molecule has 0 saturated carbocycles. The molecule has 2 nitrogen and oxygen atoms in total. The number of alkyl halides is 13. The maximum absolute atomic E-state index is 14.4. The number of halogens is 13. The Balaban J connectivity index is 3.55. The Hall–Kier alpha value is -1.74. The van der Waals surface area contributed by atoms with E-state index in [-0.39, 0.29) is 0 Å². The molecule has 0 fully saturated rings. The van der Waals surface area contributed by atoms with Gasteiger partial charge in [-0.25, -0.2) is 0 Å². The van der Waals surface area contributed by atoms with Gasteiger partial charge in [-0.3, -0.25) is 4.79 Å². The van der Waals surface area contributed by atoms with Gasteiger partial charge >= 0.3 is 41.8 Å². The van der Waals surface area contributed by atoms with Crippen molar-refractivity contribution in [3.63, 3.8) is 0 Å². The molecule has 1 atom stereocenters. The van der Waals surface area contributed by atoms with Gasteiger partial charge in [-0.1, -0.05) is 6.92 Å². The van der Waals surface area contributed by atoms with Gasteiger partial charge in [0, 0.05) is 6.42 Å². The summed E-state index contributed by atoms with van der Waals surface area (Å²) in [6.07, 6.45) is -7.99. The van der Waals surface area contributed by atoms with E-state index < -0.39 is 66.3 Å². The lowest BCUT2D eigenvalue weighted by Gasteiger charge is -2.41. The zero-order valence-electron chi connectivity index (χ0n) is 14.9. The second-order valence-electron chi connectivity index (χ2n) is 6.06. The zero-order chi connectivity index (χ0) is 24.7. The number of hydrogen-bond donors (Lipinski definition) is 0. The minimum absolute atomic E-state index is 0.510. The second kappa shape index (κ2) is 8.31. The van der Waals surface area contributed by atoms with Crippen LogP contribution in [-0.4, -0.2) is 48.4 Å². The Morgan fingerprint density at radius 2 is 1.35 bits per heavy atom. The molecule has 31 heavy (non-hydrogen) atoms. The van der Waals surface area contributed by atoms with Gasteiger partial charge in [-0.05, 0) is 22.4 Å². The summed E-state index contributed by atoms with van der Waals surface area (Å²) in [4.78, 5) is 11.1. The van der Waals surface area contributed by atoms with Crippen LogP contribution in [0.15, 0.2) is 16.8 Å². The lowest BCUT2D eigenvalue weighted by atomic mass is 9.85. The number of thiophene rings is 1. The molecular weight excluding hydrogens is 491 g/mol. The van der Waals surface area contributed by atoms with Crippen molar-refractivity contribution in [2.24, 2.45) is 0 Å². The van der Waals surface area contributed by atoms with Crippen molar-refractivity contribution in [3.05, 3.63) is 22.4 Å². The highest BCUT2D eigenvalue weighted by molar-refractivity contribution is 7.08. The average molecular weight is 502 g/mol. The van der Waals surface area contributed by atoms with E-state index in [0.717, 1.165) is 12.3 Å². The van der Waals surface area contributed by atoms with Crippen molar-refractivity contribution in [2.75, 3.05) is 6.61 Å². The third-order valence-electron chi connectivity index (χ3n) is 4.04. The molecule has 0 spiro atoms. The highest BCUT2D eigenvalue weighted by atomic mass is 32.1. The Morgan fingerprint density at radius 3 is 1.74 bits per heavy atom. The molecule has 0 saturated heterocycles. The molecular formula is C15H11F13O2S. The van der Waals surface area contributed by atoms with Crippen LogP contribution in [0.1, 0.15) is 24.8 Å². The number of ether oxygens (including phenoxy) is 1. The number of hydrogen-bond acceptors (Lipinski definition) is 3. The van der Waals surface area contributed by atoms with E-state index >= 15 is 0 Å². The minimum atomic E-state index is -7.98. The maximum Gasteiger partial charge on any atom is 0.460 e. The molecule has 1 aromatic rings. The molecule has 16 heteroatoms. The SMILES string of the molecule is CCC(=O)OCC(c1ccsc1)C(F)(F)C(F)(F)C(F)(F)C(F)(F)C(F)(F)C(F)(F)F. The van der Waals surface area contributed by atoms with E-state index in [0.29, 0.717) is 22.8 Å². The summed E-state index contributed by atoms with van der Waals surface area (Å²) in [5.74, 6) is -42.1. The molecule has 0 aliphatic rings. The monoisotopic (exact) mass is 502 g/mol. The summed E-state index contributed by atoms with van der Waals surface area (Å²) in [7, 11) is 0. The van der Waals surface area contributed by atoms with Gasteiger partial charge in [0.2, 0.25) is 0 Å². The molecule has 0 aromatic carbocycles. The molecule has 1 aromatic heterocycles. The van der Waals surface area contributed by atoms with Gasteiger partial charge in [0.1, 0.15) is 6.61 Å². The molecule has 0 aliphatic heterocycles. The molecule has 1 unspecified atom stereocenters. The summed E-state index contributed by atoms with van der Waals surface area (Å²) in [5.41, 5.74) is -0.944. The fraction of sp³-hybridized carbons (Fsp3) is 0.667. The highest BCUT2D eigenvalue weighted by Crippen LogP contribution is 2.62. The lowest BCUT2D eigenvalue weighted by Crippen LogP contribution is -2.70. The van der Waals surface area contributed by atoms with Crippen molar-refractivity contribution in [1.29, 1.82) is 0 Å². The van der Waals surface area contributed by atoms with Crippen molar-refractivity contribution in [2.45, 2.75) is 55.1 Å². The van der Waals surface area contributed by atoms with Crippen LogP contribution in [0.25, 0.3) is 0 Å². The Bertz CT molecular complexity index is 755. The first-order valence-electron chi connectivity index (χ1n) is 7.83. The topological polar surface area (TPSA) is 26.3 Å². The van der Waals surface area contributed by atoms with E-state index in [2.05, 4.69) is 4.74 Å². The third-order valence-corrected chi connectivity index (χ3v) is 4.74. The highest BCUT2D eigenvalue weighted by Gasteiger charge is 2.91. The fourth-order valence-corrected chi connectivity index (χ4v) is 2.88. The quantitative estimate of drug-likeness (QED) is 0.284. The van der Waals surface area contributed by atoms with Gasteiger partial charge in [-0.15, -0.1) is 0 Å². The van der Waals surface area contributed by atoms with Crippen molar-refractivity contribution in [3.8, 4) is 0 Å². The number of rotatable bonds is 9. The summed E-state index contributed by atoms with van der Waals surface area (Å²) in [5, 5.41) is 1.60. The lowest BCUT2D eigenvalue weighted by molar-refractivity contribution is -0.441. The van der Waals surface area contributed by atoms with E-state index in [1.807, 2.05) is 0 Å². The van der Waals surface area contributed by atoms with Gasteiger partial charge in [-0.2, -0.15) is 68.4 Å². The van der Waals surface area contributed by atoms with Crippen LogP contribution in [0.5, 0.6) is 0 Å². The first-order chi connectivity index (χ1) is 13.7. The summed E-state index contributed by atoms with van der Waals surface area (Å²) in [6, 6.07) is 0.625. The third kappa shape index (κ3) is 4.31. The Kier molecular flexibility index (Phi) is 7.32. The molecule has 0 N–H and O–H groups in total. The summed E-state index contributed by atoms with van der Waals surface area (Å²) >= 11 is 0.532. The summed E-state index contributed by atoms with van der Waals surface area (Å²) < 4.78 is 177. The first kappa shape index (κ1) is 27.3. The predicted molar refractivity (Wildman–Crippen MR) is 79.1 cm³/mol. The zero-order valence-corrected chi connectivity index (χ0v) is 15.7. The molecule has 0 radical (unpaired) electrons. The standard InChI is InChI=1S/C15H11F13O2S/c1-2-9(29)30-5-8(7-3-4-31-6-7)10(16,17)11(18,19)12(20,21)13(22,23)14(24,25)15(26,27)28/h3-4,6,8H,2,5H2,1H3. The van der Waals surface area contributed by atoms with E-state index in [1.54, 1.807) is 0 Å². The first-order valence-corrected chi connectivity index (χ1v) is 8.77. The summed E-state index contributed by atoms with van der Waals surface area (Å²) in [6.45, 7) is -0.675. The Labute approximate surface area is 169 Å². The van der Waals surface area contributed by atoms with Crippen LogP contribution in [0, 0.1) is 0 Å². The van der Waals surface area contributed by atoms with Crippen LogP contribution < -0.4 is 0 Å². The van der Waals surface area contributed by atoms with Gasteiger partial charge in [0.05, 0.1) is 5.92 Å². The molecule has 180 valence electrons. The van der Waals surface area contributed by atoms with Crippen LogP contribution in [-0.2, 0) is 9.53 Å². The molecule has 0 amide bonds. The van der Waals surface area contributed by atoms with Gasteiger partial charge in [0.15, 0.2) is 0 Å². The van der Waals surface area contributed by atoms with Crippen molar-refractivity contribution < 1.29 is 66.6 Å². The number of esters is 1. The fourth-order valence-electron chi connectivity index (χ4n) is 2.16. The van der Waals surface area contributed by atoms with Crippen LogP contribution in [0.3, 0.4) is 0 Å². The van der Waals surface area contributed by atoms with Gasteiger partial charge < -0.3 is 4.74 Å². The molecule has 1 heterocycles. The van der Waals surface area contributed by atoms with E-state index in [4.69, 9.17) is 0 Å². The molecule has 1 rings (SSSR count). The molecule has 0 bridgehead atoms. The average Bonchev–Trinajstić information content (AvgIpc) is 3.13. The van der Waals surface area contributed by atoms with Crippen molar-refractivity contribution >= 4 is 17.3 Å². The number of carbonyl (C=O) groups is 1. The minimum Gasteiger partial charge on any atom is -0.465 e. The maximum atomic E-state index is 14.4. The van der Waals surface area contributed by atoms with Crippen molar-refractivity contribution in [1.82, 2.24) is 0 Å². The largest absolute Gasteiger partial charge is 0.465 e. The smallest absolute Gasteiger partial charge is 0.460 e. The number of carbonyl (C=O) groups excluding carboxylic acids is 1. The molecule has 0 aliphatic carbocycles. The van der Waals surface area contributed by atoms with E-state index in [9.17, 15) is 61.9 Å². The van der Waals surface area contributed by atoms with Crippen LogP contribution >= 0.6 is 11.3 Å². The van der Waals surface area contributed by atoms with E-state index in [1.165, 1.54) is 0 Å². The van der Waals surface area contributed by atoms with Gasteiger partial charge in [0.25, 0.3) is 0 Å². The predicted octanol–water partition coefficient (Wildman–Crippen LogP) is 6.52. The Morgan fingerprint density at radius 1 is 0.871 bits per heavy atom.